The number of aromatic nitrogens is 1. The topological polar surface area (TPSA) is 54.5 Å². The van der Waals surface area contributed by atoms with Gasteiger partial charge in [-0.3, -0.25) is 9.78 Å². The van der Waals surface area contributed by atoms with E-state index in [2.05, 4.69) is 10.3 Å². The summed E-state index contributed by atoms with van der Waals surface area (Å²) >= 11 is 0. The van der Waals surface area contributed by atoms with Gasteiger partial charge >= 0.3 is 0 Å². The summed E-state index contributed by atoms with van der Waals surface area (Å²) < 4.78 is 5.04. The third-order valence-electron chi connectivity index (χ3n) is 2.74. The Morgan fingerprint density at radius 3 is 2.83 bits per heavy atom. The van der Waals surface area contributed by atoms with Crippen molar-refractivity contribution < 1.29 is 9.53 Å². The van der Waals surface area contributed by atoms with Crippen LogP contribution in [0, 0.1) is 0 Å². The molecule has 0 fully saturated rings. The molecule has 0 spiro atoms. The number of hydrogen-bond acceptors (Lipinski definition) is 4. The summed E-state index contributed by atoms with van der Waals surface area (Å²) in [4.78, 5) is 18.3. The predicted octanol–water partition coefficient (Wildman–Crippen LogP) is 1.62. The van der Waals surface area contributed by atoms with Gasteiger partial charge in [0.05, 0.1) is 24.1 Å². The van der Waals surface area contributed by atoms with Gasteiger partial charge in [-0.25, -0.2) is 0 Å². The largest absolute Gasteiger partial charge is 0.386 e. The molecule has 1 aromatic rings. The molecular formula is C13H21N3O2. The molecule has 1 amide bonds. The third-order valence-corrected chi connectivity index (χ3v) is 2.74. The fourth-order valence-electron chi connectivity index (χ4n) is 1.72. The van der Waals surface area contributed by atoms with Gasteiger partial charge in [-0.1, -0.05) is 0 Å². The summed E-state index contributed by atoms with van der Waals surface area (Å²) in [5.74, 6) is -0.00574. The fraction of sp³-hybridized carbons (Fsp3) is 0.538. The minimum atomic E-state index is -0.00574. The molecule has 1 rings (SSSR count). The van der Waals surface area contributed by atoms with Crippen LogP contribution in [0.4, 0.5) is 5.69 Å². The first-order chi connectivity index (χ1) is 8.61. The van der Waals surface area contributed by atoms with Gasteiger partial charge in [0.2, 0.25) is 0 Å². The van der Waals surface area contributed by atoms with Crippen molar-refractivity contribution in [2.24, 2.45) is 0 Å². The molecule has 5 heteroatoms. The molecule has 0 aromatic carbocycles. The summed E-state index contributed by atoms with van der Waals surface area (Å²) in [5.41, 5.74) is 1.38. The third kappa shape index (κ3) is 3.43. The van der Waals surface area contributed by atoms with Crippen molar-refractivity contribution >= 4 is 11.6 Å². The lowest BCUT2D eigenvalue weighted by Crippen LogP contribution is -2.39. The Balaban J connectivity index is 2.94. The molecule has 0 radical (unpaired) electrons. The Morgan fingerprint density at radius 1 is 1.56 bits per heavy atom. The smallest absolute Gasteiger partial charge is 0.256 e. The molecule has 0 atom stereocenters. The molecule has 100 valence electrons. The zero-order chi connectivity index (χ0) is 13.5. The van der Waals surface area contributed by atoms with E-state index in [1.165, 1.54) is 0 Å². The van der Waals surface area contributed by atoms with Crippen LogP contribution in [-0.4, -0.2) is 49.1 Å². The zero-order valence-electron chi connectivity index (χ0n) is 11.4. The van der Waals surface area contributed by atoms with E-state index in [0.29, 0.717) is 18.7 Å². The van der Waals surface area contributed by atoms with Crippen LogP contribution in [0.2, 0.25) is 0 Å². The van der Waals surface area contributed by atoms with E-state index < -0.39 is 0 Å². The van der Waals surface area contributed by atoms with E-state index in [4.69, 9.17) is 4.74 Å². The number of methoxy groups -OCH3 is 1. The minimum absolute atomic E-state index is 0.00574. The van der Waals surface area contributed by atoms with Crippen molar-refractivity contribution in [3.63, 3.8) is 0 Å². The number of carbonyl (C=O) groups excluding carboxylic acids is 1. The van der Waals surface area contributed by atoms with Crippen LogP contribution >= 0.6 is 0 Å². The van der Waals surface area contributed by atoms with E-state index in [0.717, 1.165) is 5.69 Å². The number of ether oxygens (including phenoxy) is 1. The average Bonchev–Trinajstić information content (AvgIpc) is 2.38. The number of nitrogens with one attached hydrogen (secondary N) is 1. The summed E-state index contributed by atoms with van der Waals surface area (Å²) in [6.45, 7) is 5.10. The van der Waals surface area contributed by atoms with E-state index in [1.807, 2.05) is 13.8 Å². The van der Waals surface area contributed by atoms with Crippen LogP contribution in [0.5, 0.6) is 0 Å². The van der Waals surface area contributed by atoms with Crippen molar-refractivity contribution in [2.45, 2.75) is 19.9 Å². The first-order valence-electron chi connectivity index (χ1n) is 6.03. The maximum Gasteiger partial charge on any atom is 0.256 e. The van der Waals surface area contributed by atoms with Gasteiger partial charge in [0.1, 0.15) is 0 Å². The Kier molecular flexibility index (Phi) is 5.58. The number of pyridine rings is 1. The highest BCUT2D eigenvalue weighted by atomic mass is 16.5. The maximum absolute atomic E-state index is 12.5. The Bertz CT molecular complexity index is 394. The maximum atomic E-state index is 12.5. The summed E-state index contributed by atoms with van der Waals surface area (Å²) in [6.07, 6.45) is 3.28. The van der Waals surface area contributed by atoms with Gasteiger partial charge in [0, 0.05) is 32.9 Å². The summed E-state index contributed by atoms with van der Waals surface area (Å²) in [7, 11) is 3.41. The van der Waals surface area contributed by atoms with Crippen molar-refractivity contribution in [2.75, 3.05) is 32.6 Å². The van der Waals surface area contributed by atoms with Crippen LogP contribution in [0.15, 0.2) is 18.5 Å². The van der Waals surface area contributed by atoms with E-state index in [-0.39, 0.29) is 11.9 Å². The standard InChI is InChI=1S/C13H21N3O2/c1-10(2)16(7-8-18-4)13(17)11-5-6-15-9-12(11)14-3/h5-6,9-10,14H,7-8H2,1-4H3. The van der Waals surface area contributed by atoms with Crippen LogP contribution in [0.1, 0.15) is 24.2 Å². The number of anilines is 1. The van der Waals surface area contributed by atoms with E-state index in [1.54, 1.807) is 37.5 Å². The number of amides is 1. The monoisotopic (exact) mass is 251 g/mol. The lowest BCUT2D eigenvalue weighted by molar-refractivity contribution is 0.0636. The number of hydrogen-bond donors (Lipinski definition) is 1. The lowest BCUT2D eigenvalue weighted by atomic mass is 10.1. The number of nitrogens with zero attached hydrogens (tertiary/aromatic N) is 2. The van der Waals surface area contributed by atoms with Gasteiger partial charge in [-0.05, 0) is 19.9 Å². The molecule has 1 N–H and O–H groups in total. The normalized spacial score (nSPS) is 10.5. The molecular weight excluding hydrogens is 230 g/mol. The van der Waals surface area contributed by atoms with Gasteiger partial charge in [-0.15, -0.1) is 0 Å². The van der Waals surface area contributed by atoms with Gasteiger partial charge in [0.25, 0.3) is 5.91 Å². The summed E-state index contributed by atoms with van der Waals surface area (Å²) in [6, 6.07) is 1.86. The summed E-state index contributed by atoms with van der Waals surface area (Å²) in [5, 5.41) is 2.99. The Labute approximate surface area is 108 Å². The number of rotatable bonds is 6. The van der Waals surface area contributed by atoms with Crippen molar-refractivity contribution in [1.82, 2.24) is 9.88 Å². The van der Waals surface area contributed by atoms with Gasteiger partial charge in [-0.2, -0.15) is 0 Å². The SMILES string of the molecule is CNc1cnccc1C(=O)N(CCOC)C(C)C. The van der Waals surface area contributed by atoms with Crippen LogP contribution in [-0.2, 0) is 4.74 Å². The lowest BCUT2D eigenvalue weighted by Gasteiger charge is -2.27. The first kappa shape index (κ1) is 14.4. The molecule has 0 aliphatic heterocycles. The molecule has 0 aliphatic rings. The van der Waals surface area contributed by atoms with Crippen LogP contribution in [0.3, 0.4) is 0 Å². The van der Waals surface area contributed by atoms with Crippen molar-refractivity contribution in [1.29, 1.82) is 0 Å². The highest BCUT2D eigenvalue weighted by Crippen LogP contribution is 2.16. The molecule has 0 saturated heterocycles. The second-order valence-electron chi connectivity index (χ2n) is 4.26. The molecule has 0 saturated carbocycles. The second-order valence-corrected chi connectivity index (χ2v) is 4.26. The highest BCUT2D eigenvalue weighted by Gasteiger charge is 2.20. The van der Waals surface area contributed by atoms with Crippen LogP contribution in [0.25, 0.3) is 0 Å². The Morgan fingerprint density at radius 2 is 2.28 bits per heavy atom. The van der Waals surface area contributed by atoms with Gasteiger partial charge < -0.3 is 15.0 Å². The van der Waals surface area contributed by atoms with Crippen molar-refractivity contribution in [3.8, 4) is 0 Å². The zero-order valence-corrected chi connectivity index (χ0v) is 11.4. The quantitative estimate of drug-likeness (QED) is 0.834. The molecule has 1 aromatic heterocycles. The number of carbonyl (C=O) groups is 1. The highest BCUT2D eigenvalue weighted by molar-refractivity contribution is 5.99. The molecule has 0 bridgehead atoms. The van der Waals surface area contributed by atoms with E-state index in [9.17, 15) is 4.79 Å². The second kappa shape index (κ2) is 6.96. The molecule has 1 heterocycles. The predicted molar refractivity (Wildman–Crippen MR) is 71.8 cm³/mol. The van der Waals surface area contributed by atoms with E-state index >= 15 is 0 Å². The van der Waals surface area contributed by atoms with Gasteiger partial charge in [0.15, 0.2) is 0 Å². The average molecular weight is 251 g/mol. The first-order valence-corrected chi connectivity index (χ1v) is 6.03. The molecule has 0 aliphatic carbocycles. The molecule has 18 heavy (non-hydrogen) atoms. The van der Waals surface area contributed by atoms with Crippen LogP contribution < -0.4 is 5.32 Å². The minimum Gasteiger partial charge on any atom is -0.386 e. The Hall–Kier alpha value is -1.62. The molecule has 0 unspecified atom stereocenters. The van der Waals surface area contributed by atoms with Crippen molar-refractivity contribution in [3.05, 3.63) is 24.0 Å². The molecule has 5 nitrogen and oxygen atoms in total. The fourth-order valence-corrected chi connectivity index (χ4v) is 1.72.